The fraction of sp³-hybridized carbons (Fsp3) is 0.278. The zero-order valence-corrected chi connectivity index (χ0v) is 16.4. The van der Waals surface area contributed by atoms with Gasteiger partial charge in [0.25, 0.3) is 5.91 Å². The van der Waals surface area contributed by atoms with E-state index in [1.165, 1.54) is 4.31 Å². The van der Waals surface area contributed by atoms with Crippen LogP contribution in [0.25, 0.3) is 0 Å². The molecule has 2 aromatic rings. The number of anilines is 2. The van der Waals surface area contributed by atoms with E-state index in [4.69, 9.17) is 0 Å². The van der Waals surface area contributed by atoms with Crippen LogP contribution in [0.3, 0.4) is 0 Å². The average molecular weight is 423 g/mol. The summed E-state index contributed by atoms with van der Waals surface area (Å²) >= 11 is 3.37. The van der Waals surface area contributed by atoms with Crippen molar-refractivity contribution in [2.24, 2.45) is 0 Å². The lowest BCUT2D eigenvalue weighted by molar-refractivity contribution is 0.102. The van der Waals surface area contributed by atoms with Crippen molar-refractivity contribution in [1.29, 1.82) is 0 Å². The molecule has 0 saturated heterocycles. The minimum Gasteiger partial charge on any atom is -0.322 e. The summed E-state index contributed by atoms with van der Waals surface area (Å²) in [6, 6.07) is 12.4. The Morgan fingerprint density at radius 2 is 2.04 bits per heavy atom. The van der Waals surface area contributed by atoms with Crippen LogP contribution in [0.4, 0.5) is 11.4 Å². The van der Waals surface area contributed by atoms with Crippen molar-refractivity contribution in [3.05, 3.63) is 58.1 Å². The fourth-order valence-electron chi connectivity index (χ4n) is 3.08. The smallest absolute Gasteiger partial charge is 0.255 e. The Morgan fingerprint density at radius 3 is 2.72 bits per heavy atom. The number of halogens is 1. The van der Waals surface area contributed by atoms with Crippen LogP contribution in [0, 0.1) is 0 Å². The number of fused-ring (bicyclic) bond motifs is 1. The summed E-state index contributed by atoms with van der Waals surface area (Å²) in [4.78, 5) is 12.5. The normalized spacial score (nSPS) is 16.6. The molecule has 2 aromatic carbocycles. The first kappa shape index (κ1) is 17.9. The van der Waals surface area contributed by atoms with E-state index in [2.05, 4.69) is 21.2 Å². The molecule has 1 aliphatic heterocycles. The molecule has 132 valence electrons. The van der Waals surface area contributed by atoms with Gasteiger partial charge in [0, 0.05) is 21.8 Å². The van der Waals surface area contributed by atoms with Crippen molar-refractivity contribution in [3.63, 3.8) is 0 Å². The van der Waals surface area contributed by atoms with E-state index in [1.54, 1.807) is 25.1 Å². The van der Waals surface area contributed by atoms with Crippen molar-refractivity contribution >= 4 is 43.2 Å². The zero-order chi connectivity index (χ0) is 18.2. The number of hydrogen-bond donors (Lipinski definition) is 1. The highest BCUT2D eigenvalue weighted by Gasteiger charge is 2.34. The minimum atomic E-state index is -3.32. The van der Waals surface area contributed by atoms with Crippen molar-refractivity contribution in [1.82, 2.24) is 0 Å². The van der Waals surface area contributed by atoms with Gasteiger partial charge in [-0.05, 0) is 62.2 Å². The van der Waals surface area contributed by atoms with E-state index in [1.807, 2.05) is 31.2 Å². The number of nitrogens with zero attached hydrogens (tertiary/aromatic N) is 1. The highest BCUT2D eigenvalue weighted by molar-refractivity contribution is 9.10. The summed E-state index contributed by atoms with van der Waals surface area (Å²) in [6.07, 6.45) is 0.604. The number of amides is 1. The monoisotopic (exact) mass is 422 g/mol. The first-order valence-electron chi connectivity index (χ1n) is 8.04. The Labute approximate surface area is 156 Å². The molecule has 1 N–H and O–H groups in total. The van der Waals surface area contributed by atoms with Crippen molar-refractivity contribution in [3.8, 4) is 0 Å². The van der Waals surface area contributed by atoms with Gasteiger partial charge in [0.1, 0.15) is 0 Å². The maximum atomic E-state index is 12.5. The second-order valence-corrected chi connectivity index (χ2v) is 9.11. The maximum absolute atomic E-state index is 12.5. The molecular weight excluding hydrogens is 404 g/mol. The SMILES string of the molecule is CCS(=O)(=O)N1c2ccc(C(=O)Nc3cccc(Br)c3)cc2C[C@@H]1C. The molecule has 0 aliphatic carbocycles. The predicted octanol–water partition coefficient (Wildman–Crippen LogP) is 3.80. The van der Waals surface area contributed by atoms with E-state index < -0.39 is 10.0 Å². The Morgan fingerprint density at radius 1 is 1.28 bits per heavy atom. The van der Waals surface area contributed by atoms with Gasteiger partial charge in [-0.3, -0.25) is 9.10 Å². The molecule has 25 heavy (non-hydrogen) atoms. The molecule has 1 atom stereocenters. The van der Waals surface area contributed by atoms with E-state index in [-0.39, 0.29) is 17.7 Å². The van der Waals surface area contributed by atoms with E-state index in [0.717, 1.165) is 10.0 Å². The van der Waals surface area contributed by atoms with Crippen molar-refractivity contribution in [2.45, 2.75) is 26.3 Å². The Bertz CT molecular complexity index is 928. The maximum Gasteiger partial charge on any atom is 0.255 e. The molecule has 1 aliphatic rings. The van der Waals surface area contributed by atoms with Gasteiger partial charge in [-0.25, -0.2) is 8.42 Å². The van der Waals surface area contributed by atoms with Crippen LogP contribution >= 0.6 is 15.9 Å². The van der Waals surface area contributed by atoms with Gasteiger partial charge < -0.3 is 5.32 Å². The zero-order valence-electron chi connectivity index (χ0n) is 14.0. The fourth-order valence-corrected chi connectivity index (χ4v) is 4.85. The first-order valence-corrected chi connectivity index (χ1v) is 10.4. The second kappa shape index (κ2) is 6.80. The number of nitrogens with one attached hydrogen (secondary N) is 1. The predicted molar refractivity (Wildman–Crippen MR) is 104 cm³/mol. The third-order valence-electron chi connectivity index (χ3n) is 4.24. The van der Waals surface area contributed by atoms with E-state index in [0.29, 0.717) is 23.4 Å². The molecule has 0 spiro atoms. The minimum absolute atomic E-state index is 0.0574. The summed E-state index contributed by atoms with van der Waals surface area (Å²) in [7, 11) is -3.32. The quantitative estimate of drug-likeness (QED) is 0.814. The van der Waals surface area contributed by atoms with Gasteiger partial charge in [0.05, 0.1) is 11.4 Å². The Balaban J connectivity index is 1.87. The lowest BCUT2D eigenvalue weighted by Crippen LogP contribution is -2.36. The molecule has 5 nitrogen and oxygen atoms in total. The van der Waals surface area contributed by atoms with E-state index >= 15 is 0 Å². The number of carbonyl (C=O) groups is 1. The number of hydrogen-bond acceptors (Lipinski definition) is 3. The molecule has 0 saturated carbocycles. The average Bonchev–Trinajstić information content (AvgIpc) is 2.90. The molecule has 0 fully saturated rings. The third-order valence-corrected chi connectivity index (χ3v) is 6.62. The summed E-state index contributed by atoms with van der Waals surface area (Å²) in [5, 5.41) is 2.85. The molecule has 1 heterocycles. The van der Waals surface area contributed by atoms with E-state index in [9.17, 15) is 13.2 Å². The molecule has 0 radical (unpaired) electrons. The summed E-state index contributed by atoms with van der Waals surface area (Å²) in [5.74, 6) is -0.160. The molecule has 3 rings (SSSR count). The molecule has 0 aromatic heterocycles. The van der Waals surface area contributed by atoms with Crippen LogP contribution in [-0.2, 0) is 16.4 Å². The van der Waals surface area contributed by atoms with Gasteiger partial charge in [-0.2, -0.15) is 0 Å². The summed E-state index contributed by atoms with van der Waals surface area (Å²) in [5.41, 5.74) is 2.77. The third kappa shape index (κ3) is 3.57. The van der Waals surface area contributed by atoms with Crippen LogP contribution < -0.4 is 9.62 Å². The highest BCUT2D eigenvalue weighted by Crippen LogP contribution is 2.35. The molecule has 1 amide bonds. The van der Waals surface area contributed by atoms with Crippen LogP contribution in [0.15, 0.2) is 46.9 Å². The largest absolute Gasteiger partial charge is 0.322 e. The summed E-state index contributed by atoms with van der Waals surface area (Å²) in [6.45, 7) is 3.52. The Kier molecular flexibility index (Phi) is 4.88. The summed E-state index contributed by atoms with van der Waals surface area (Å²) < 4.78 is 27.0. The van der Waals surface area contributed by atoms with Gasteiger partial charge >= 0.3 is 0 Å². The standard InChI is InChI=1S/C18H19BrN2O3S/c1-3-25(23,24)21-12(2)9-14-10-13(7-8-17(14)21)18(22)20-16-6-4-5-15(19)11-16/h4-8,10-12H,3,9H2,1-2H3,(H,20,22)/t12-/m0/s1. The van der Waals surface area contributed by atoms with Crippen LogP contribution in [0.1, 0.15) is 29.8 Å². The van der Waals surface area contributed by atoms with Crippen LogP contribution in [0.2, 0.25) is 0 Å². The van der Waals surface area contributed by atoms with Crippen LogP contribution in [0.5, 0.6) is 0 Å². The molecule has 0 bridgehead atoms. The second-order valence-electron chi connectivity index (χ2n) is 6.06. The molecular formula is C18H19BrN2O3S. The number of carbonyl (C=O) groups excluding carboxylic acids is 1. The molecule has 0 unspecified atom stereocenters. The van der Waals surface area contributed by atoms with Gasteiger partial charge in [-0.15, -0.1) is 0 Å². The topological polar surface area (TPSA) is 66.5 Å². The van der Waals surface area contributed by atoms with Crippen molar-refractivity contribution in [2.75, 3.05) is 15.4 Å². The Hall–Kier alpha value is -1.86. The first-order chi connectivity index (χ1) is 11.8. The van der Waals surface area contributed by atoms with Gasteiger partial charge in [0.2, 0.25) is 10.0 Å². The highest BCUT2D eigenvalue weighted by atomic mass is 79.9. The van der Waals surface area contributed by atoms with Crippen molar-refractivity contribution < 1.29 is 13.2 Å². The van der Waals surface area contributed by atoms with Crippen LogP contribution in [-0.4, -0.2) is 26.1 Å². The number of benzene rings is 2. The lowest BCUT2D eigenvalue weighted by Gasteiger charge is -2.23. The number of rotatable bonds is 4. The lowest BCUT2D eigenvalue weighted by atomic mass is 10.1. The van der Waals surface area contributed by atoms with Gasteiger partial charge in [-0.1, -0.05) is 22.0 Å². The molecule has 7 heteroatoms. The number of sulfonamides is 1. The van der Waals surface area contributed by atoms with Gasteiger partial charge in [0.15, 0.2) is 0 Å².